The van der Waals surface area contributed by atoms with E-state index in [-0.39, 0.29) is 17.6 Å². The molecule has 1 atom stereocenters. The van der Waals surface area contributed by atoms with Crippen molar-refractivity contribution in [1.82, 2.24) is 14.9 Å². The van der Waals surface area contributed by atoms with Gasteiger partial charge in [-0.15, -0.1) is 11.3 Å². The van der Waals surface area contributed by atoms with Crippen LogP contribution in [0.1, 0.15) is 49.4 Å². The molecular weight excluding hydrogens is 394 g/mol. The largest absolute Gasteiger partial charge is 0.367 e. The van der Waals surface area contributed by atoms with Crippen LogP contribution in [0.2, 0.25) is 0 Å². The van der Waals surface area contributed by atoms with E-state index in [2.05, 4.69) is 49.8 Å². The zero-order valence-corrected chi connectivity index (χ0v) is 18.6. The van der Waals surface area contributed by atoms with Crippen LogP contribution < -0.4 is 0 Å². The average molecular weight is 422 g/mol. The van der Waals surface area contributed by atoms with Crippen molar-refractivity contribution in [2.45, 2.75) is 57.9 Å². The van der Waals surface area contributed by atoms with Crippen LogP contribution in [-0.2, 0) is 11.3 Å². The van der Waals surface area contributed by atoms with E-state index >= 15 is 0 Å². The second kappa shape index (κ2) is 7.93. The first-order valence-corrected chi connectivity index (χ1v) is 11.0. The number of hydrogen-bond acceptors (Lipinski definition) is 5. The van der Waals surface area contributed by atoms with Gasteiger partial charge in [0.05, 0.1) is 23.4 Å². The van der Waals surface area contributed by atoms with E-state index in [1.807, 2.05) is 35.2 Å². The SMILES string of the molecule is CC1(C)CC(N(Cc2ccccc2)C(=O)c2cnc(-c3cccnc3)s2)C(C)(C)O1. The molecule has 0 bridgehead atoms. The van der Waals surface area contributed by atoms with Crippen molar-refractivity contribution < 1.29 is 9.53 Å². The third kappa shape index (κ3) is 4.30. The molecule has 30 heavy (non-hydrogen) atoms. The van der Waals surface area contributed by atoms with Gasteiger partial charge in [-0.05, 0) is 51.8 Å². The van der Waals surface area contributed by atoms with Gasteiger partial charge in [0.1, 0.15) is 9.88 Å². The molecule has 1 unspecified atom stereocenters. The lowest BCUT2D eigenvalue weighted by Crippen LogP contribution is -2.48. The molecule has 3 heterocycles. The fraction of sp³-hybridized carbons (Fsp3) is 0.375. The second-order valence-electron chi connectivity index (χ2n) is 8.88. The van der Waals surface area contributed by atoms with E-state index in [1.165, 1.54) is 11.3 Å². The Morgan fingerprint density at radius 1 is 1.13 bits per heavy atom. The number of nitrogens with zero attached hydrogens (tertiary/aromatic N) is 3. The molecule has 2 aromatic heterocycles. The first-order chi connectivity index (χ1) is 14.3. The summed E-state index contributed by atoms with van der Waals surface area (Å²) in [7, 11) is 0. The van der Waals surface area contributed by atoms with E-state index in [0.29, 0.717) is 11.4 Å². The highest BCUT2D eigenvalue weighted by molar-refractivity contribution is 7.16. The molecule has 3 aromatic rings. The fourth-order valence-corrected chi connectivity index (χ4v) is 5.12. The fourth-order valence-electron chi connectivity index (χ4n) is 4.26. The molecule has 1 fully saturated rings. The predicted molar refractivity (Wildman–Crippen MR) is 119 cm³/mol. The van der Waals surface area contributed by atoms with Gasteiger partial charge in [0.15, 0.2) is 0 Å². The molecule has 6 heteroatoms. The molecule has 4 rings (SSSR count). The number of rotatable bonds is 5. The summed E-state index contributed by atoms with van der Waals surface area (Å²) in [6, 6.07) is 13.9. The van der Waals surface area contributed by atoms with Crippen LogP contribution in [0, 0.1) is 0 Å². The molecule has 0 spiro atoms. The number of pyridine rings is 1. The van der Waals surface area contributed by atoms with Crippen LogP contribution in [0.15, 0.2) is 61.1 Å². The molecule has 1 saturated heterocycles. The Hall–Kier alpha value is -2.57. The summed E-state index contributed by atoms with van der Waals surface area (Å²) in [6.07, 6.45) is 5.97. The molecule has 5 nitrogen and oxygen atoms in total. The van der Waals surface area contributed by atoms with Gasteiger partial charge in [-0.1, -0.05) is 30.3 Å². The maximum Gasteiger partial charge on any atom is 0.266 e. The lowest BCUT2D eigenvalue weighted by atomic mass is 9.92. The van der Waals surface area contributed by atoms with Crippen molar-refractivity contribution in [3.05, 3.63) is 71.5 Å². The smallest absolute Gasteiger partial charge is 0.266 e. The zero-order valence-electron chi connectivity index (χ0n) is 17.8. The van der Waals surface area contributed by atoms with Crippen LogP contribution in [0.3, 0.4) is 0 Å². The van der Waals surface area contributed by atoms with Gasteiger partial charge in [-0.2, -0.15) is 0 Å². The molecule has 156 valence electrons. The van der Waals surface area contributed by atoms with Gasteiger partial charge < -0.3 is 9.64 Å². The minimum Gasteiger partial charge on any atom is -0.367 e. The van der Waals surface area contributed by atoms with Crippen molar-refractivity contribution in [3.8, 4) is 10.6 Å². The van der Waals surface area contributed by atoms with Gasteiger partial charge in [-0.3, -0.25) is 9.78 Å². The Kier molecular flexibility index (Phi) is 5.47. The normalized spacial score (nSPS) is 19.5. The van der Waals surface area contributed by atoms with Crippen molar-refractivity contribution in [2.24, 2.45) is 0 Å². The van der Waals surface area contributed by atoms with Gasteiger partial charge in [0.2, 0.25) is 0 Å². The highest BCUT2D eigenvalue weighted by Crippen LogP contribution is 2.41. The molecule has 0 saturated carbocycles. The molecule has 1 amide bonds. The van der Waals surface area contributed by atoms with Crippen LogP contribution in [-0.4, -0.2) is 38.0 Å². The monoisotopic (exact) mass is 421 g/mol. The van der Waals surface area contributed by atoms with E-state index in [0.717, 1.165) is 22.6 Å². The molecule has 1 aromatic carbocycles. The molecule has 0 N–H and O–H groups in total. The van der Waals surface area contributed by atoms with E-state index < -0.39 is 5.60 Å². The summed E-state index contributed by atoms with van der Waals surface area (Å²) >= 11 is 1.41. The number of hydrogen-bond donors (Lipinski definition) is 0. The highest BCUT2D eigenvalue weighted by Gasteiger charge is 2.49. The van der Waals surface area contributed by atoms with Crippen LogP contribution in [0.5, 0.6) is 0 Å². The van der Waals surface area contributed by atoms with E-state index in [1.54, 1.807) is 18.6 Å². The number of ether oxygens (including phenoxy) is 1. The number of carbonyl (C=O) groups excluding carboxylic acids is 1. The topological polar surface area (TPSA) is 55.3 Å². The maximum absolute atomic E-state index is 13.7. The van der Waals surface area contributed by atoms with Crippen LogP contribution in [0.25, 0.3) is 10.6 Å². The first-order valence-electron chi connectivity index (χ1n) is 10.2. The summed E-state index contributed by atoms with van der Waals surface area (Å²) in [5, 5.41) is 0.799. The number of benzene rings is 1. The van der Waals surface area contributed by atoms with Crippen molar-refractivity contribution >= 4 is 17.2 Å². The molecule has 0 aliphatic carbocycles. The first kappa shape index (κ1) is 20.7. The average Bonchev–Trinajstić information content (AvgIpc) is 3.29. The molecule has 1 aliphatic heterocycles. The maximum atomic E-state index is 13.7. The molecule has 1 aliphatic rings. The Morgan fingerprint density at radius 2 is 1.90 bits per heavy atom. The standard InChI is InChI=1S/C24H27N3O2S/c1-23(2)13-20(24(3,4)29-23)27(16-17-9-6-5-7-10-17)22(28)19-15-26-21(30-19)18-11-8-12-25-14-18/h5-12,14-15,20H,13,16H2,1-4H3. The summed E-state index contributed by atoms with van der Waals surface area (Å²) in [5.74, 6) is -0.00846. The summed E-state index contributed by atoms with van der Waals surface area (Å²) in [6.45, 7) is 8.87. The molecule has 0 radical (unpaired) electrons. The van der Waals surface area contributed by atoms with Gasteiger partial charge in [0.25, 0.3) is 5.91 Å². The van der Waals surface area contributed by atoms with Crippen molar-refractivity contribution in [2.75, 3.05) is 0 Å². The Bertz CT molecular complexity index is 1020. The van der Waals surface area contributed by atoms with Gasteiger partial charge in [0, 0.05) is 24.5 Å². The van der Waals surface area contributed by atoms with Crippen LogP contribution in [0.4, 0.5) is 0 Å². The second-order valence-corrected chi connectivity index (χ2v) is 9.91. The summed E-state index contributed by atoms with van der Waals surface area (Å²) in [4.78, 5) is 24.9. The number of aromatic nitrogens is 2. The lowest BCUT2D eigenvalue weighted by molar-refractivity contribution is -0.0785. The van der Waals surface area contributed by atoms with E-state index in [9.17, 15) is 4.79 Å². The van der Waals surface area contributed by atoms with Gasteiger partial charge >= 0.3 is 0 Å². The molecular formula is C24H27N3O2S. The third-order valence-corrected chi connectivity index (χ3v) is 6.52. The number of carbonyl (C=O) groups is 1. The Labute approximate surface area is 181 Å². The van der Waals surface area contributed by atoms with E-state index in [4.69, 9.17) is 4.74 Å². The number of amides is 1. The zero-order chi connectivity index (χ0) is 21.4. The minimum absolute atomic E-state index is 0.00846. The predicted octanol–water partition coefficient (Wildman–Crippen LogP) is 5.19. The van der Waals surface area contributed by atoms with Crippen molar-refractivity contribution in [1.29, 1.82) is 0 Å². The Morgan fingerprint density at radius 3 is 2.53 bits per heavy atom. The highest BCUT2D eigenvalue weighted by atomic mass is 32.1. The van der Waals surface area contributed by atoms with Gasteiger partial charge in [-0.25, -0.2) is 4.98 Å². The Balaban J connectivity index is 1.67. The minimum atomic E-state index is -0.440. The lowest BCUT2D eigenvalue weighted by Gasteiger charge is -2.36. The summed E-state index contributed by atoms with van der Waals surface area (Å²) < 4.78 is 6.31. The summed E-state index contributed by atoms with van der Waals surface area (Å²) in [5.41, 5.74) is 1.30. The quantitative estimate of drug-likeness (QED) is 0.569. The third-order valence-electron chi connectivity index (χ3n) is 5.48. The van der Waals surface area contributed by atoms with Crippen LogP contribution >= 0.6 is 11.3 Å². The van der Waals surface area contributed by atoms with Crippen molar-refractivity contribution in [3.63, 3.8) is 0 Å². The number of thiazole rings is 1.